The monoisotopic (exact) mass is 271 g/mol. The normalized spacial score (nSPS) is 10.4. The van der Waals surface area contributed by atoms with Crippen LogP contribution in [0.5, 0.6) is 0 Å². The first-order valence-electron chi connectivity index (χ1n) is 5.65. The van der Waals surface area contributed by atoms with E-state index in [4.69, 9.17) is 4.74 Å². The molecule has 0 unspecified atom stereocenters. The molecule has 0 bridgehead atoms. The van der Waals surface area contributed by atoms with Gasteiger partial charge in [-0.15, -0.1) is 11.3 Å². The van der Waals surface area contributed by atoms with Gasteiger partial charge in [0.1, 0.15) is 0 Å². The lowest BCUT2D eigenvalue weighted by Crippen LogP contribution is -2.31. The number of carbonyl (C=O) groups excluding carboxylic acids is 2. The van der Waals surface area contributed by atoms with Crippen LogP contribution in [0.1, 0.15) is 13.3 Å². The topological polar surface area (TPSA) is 71.5 Å². The lowest BCUT2D eigenvalue weighted by molar-refractivity contribution is -0.143. The van der Waals surface area contributed by atoms with E-state index in [0.29, 0.717) is 18.3 Å². The Balaban J connectivity index is 2.21. The number of aromatic nitrogens is 1. The first-order valence-corrected chi connectivity index (χ1v) is 6.53. The van der Waals surface area contributed by atoms with Gasteiger partial charge in [0.05, 0.1) is 19.6 Å². The van der Waals surface area contributed by atoms with E-state index in [1.165, 1.54) is 11.3 Å². The third-order valence-electron chi connectivity index (χ3n) is 2.10. The summed E-state index contributed by atoms with van der Waals surface area (Å²) < 4.78 is 4.81. The summed E-state index contributed by atoms with van der Waals surface area (Å²) >= 11 is 1.37. The molecule has 100 valence electrons. The summed E-state index contributed by atoms with van der Waals surface area (Å²) in [5.41, 5.74) is 0. The van der Waals surface area contributed by atoms with Gasteiger partial charge in [0.25, 0.3) is 0 Å². The molecule has 0 radical (unpaired) electrons. The van der Waals surface area contributed by atoms with Gasteiger partial charge in [-0.05, 0) is 14.0 Å². The number of amides is 1. The minimum Gasteiger partial charge on any atom is -0.466 e. The van der Waals surface area contributed by atoms with E-state index in [1.807, 2.05) is 0 Å². The van der Waals surface area contributed by atoms with Crippen molar-refractivity contribution in [3.05, 3.63) is 11.6 Å². The SMILES string of the molecule is CCOC(=O)CCN(C)CC(=O)Nc1nccs1. The van der Waals surface area contributed by atoms with Crippen molar-refractivity contribution >= 4 is 28.3 Å². The molecular weight excluding hydrogens is 254 g/mol. The largest absolute Gasteiger partial charge is 0.466 e. The molecule has 0 fully saturated rings. The van der Waals surface area contributed by atoms with E-state index in [0.717, 1.165) is 0 Å². The lowest BCUT2D eigenvalue weighted by Gasteiger charge is -2.14. The van der Waals surface area contributed by atoms with Gasteiger partial charge in [-0.1, -0.05) is 0 Å². The van der Waals surface area contributed by atoms with Gasteiger partial charge in [-0.2, -0.15) is 0 Å². The number of ether oxygens (including phenoxy) is 1. The third kappa shape index (κ3) is 5.74. The lowest BCUT2D eigenvalue weighted by atomic mass is 10.4. The molecule has 1 heterocycles. The van der Waals surface area contributed by atoms with Gasteiger partial charge in [0.2, 0.25) is 5.91 Å². The number of rotatable bonds is 7. The highest BCUT2D eigenvalue weighted by atomic mass is 32.1. The maximum atomic E-state index is 11.6. The van der Waals surface area contributed by atoms with E-state index in [9.17, 15) is 9.59 Å². The van der Waals surface area contributed by atoms with Crippen LogP contribution in [0.4, 0.5) is 5.13 Å². The number of anilines is 1. The second-order valence-electron chi connectivity index (χ2n) is 3.68. The number of hydrogen-bond donors (Lipinski definition) is 1. The number of carbonyl (C=O) groups is 2. The zero-order valence-corrected chi connectivity index (χ0v) is 11.3. The van der Waals surface area contributed by atoms with Gasteiger partial charge in [-0.3, -0.25) is 14.5 Å². The molecule has 1 N–H and O–H groups in total. The van der Waals surface area contributed by atoms with Crippen LogP contribution in [0.25, 0.3) is 0 Å². The first-order chi connectivity index (χ1) is 8.61. The highest BCUT2D eigenvalue weighted by Gasteiger charge is 2.10. The number of nitrogens with zero attached hydrogens (tertiary/aromatic N) is 2. The Morgan fingerprint density at radius 3 is 2.94 bits per heavy atom. The summed E-state index contributed by atoms with van der Waals surface area (Å²) in [5, 5.41) is 5.05. The molecule has 0 saturated carbocycles. The van der Waals surface area contributed by atoms with Crippen LogP contribution in [0.3, 0.4) is 0 Å². The Labute approximate surface area is 110 Å². The first kappa shape index (κ1) is 14.6. The van der Waals surface area contributed by atoms with E-state index in [2.05, 4.69) is 10.3 Å². The molecule has 0 aliphatic heterocycles. The number of esters is 1. The van der Waals surface area contributed by atoms with Crippen molar-refractivity contribution in [2.45, 2.75) is 13.3 Å². The van der Waals surface area contributed by atoms with Gasteiger partial charge < -0.3 is 10.1 Å². The summed E-state index contributed by atoms with van der Waals surface area (Å²) in [6.07, 6.45) is 1.92. The quantitative estimate of drug-likeness (QED) is 0.748. The summed E-state index contributed by atoms with van der Waals surface area (Å²) in [5.74, 6) is -0.388. The number of hydrogen-bond acceptors (Lipinski definition) is 6. The average molecular weight is 271 g/mol. The smallest absolute Gasteiger partial charge is 0.307 e. The van der Waals surface area contributed by atoms with Crippen molar-refractivity contribution < 1.29 is 14.3 Å². The molecule has 1 amide bonds. The molecule has 0 atom stereocenters. The molecule has 0 aliphatic rings. The molecule has 1 rings (SSSR count). The molecule has 0 aromatic carbocycles. The zero-order chi connectivity index (χ0) is 13.4. The molecule has 7 heteroatoms. The molecular formula is C11H17N3O3S. The molecule has 6 nitrogen and oxygen atoms in total. The van der Waals surface area contributed by atoms with Crippen molar-refractivity contribution in [2.75, 3.05) is 32.1 Å². The third-order valence-corrected chi connectivity index (χ3v) is 2.78. The van der Waals surface area contributed by atoms with Crippen molar-refractivity contribution in [1.82, 2.24) is 9.88 Å². The van der Waals surface area contributed by atoms with Crippen LogP contribution in [-0.2, 0) is 14.3 Å². The Morgan fingerprint density at radius 1 is 1.56 bits per heavy atom. The summed E-state index contributed by atoms with van der Waals surface area (Å²) in [4.78, 5) is 28.4. The Kier molecular flexibility index (Phi) is 6.31. The number of likely N-dealkylation sites (N-methyl/N-ethyl adjacent to an activating group) is 1. The Morgan fingerprint density at radius 2 is 2.33 bits per heavy atom. The van der Waals surface area contributed by atoms with E-state index in [1.54, 1.807) is 30.4 Å². The van der Waals surface area contributed by atoms with E-state index >= 15 is 0 Å². The fourth-order valence-corrected chi connectivity index (χ4v) is 1.83. The van der Waals surface area contributed by atoms with Crippen molar-refractivity contribution in [3.63, 3.8) is 0 Å². The summed E-state index contributed by atoms with van der Waals surface area (Å²) in [6.45, 7) is 2.86. The predicted molar refractivity (Wildman–Crippen MR) is 69.5 cm³/mol. The number of thiazole rings is 1. The van der Waals surface area contributed by atoms with Gasteiger partial charge in [0.15, 0.2) is 5.13 Å². The Hall–Kier alpha value is -1.47. The highest BCUT2D eigenvalue weighted by molar-refractivity contribution is 7.13. The van der Waals surface area contributed by atoms with Crippen molar-refractivity contribution in [1.29, 1.82) is 0 Å². The fourth-order valence-electron chi connectivity index (χ4n) is 1.28. The maximum absolute atomic E-state index is 11.6. The van der Waals surface area contributed by atoms with Gasteiger partial charge in [0, 0.05) is 18.1 Å². The standard InChI is InChI=1S/C11H17N3O3S/c1-3-17-10(16)4-6-14(2)8-9(15)13-11-12-5-7-18-11/h5,7H,3-4,6,8H2,1-2H3,(H,12,13,15). The zero-order valence-electron chi connectivity index (χ0n) is 10.5. The van der Waals surface area contributed by atoms with Crippen molar-refractivity contribution in [3.8, 4) is 0 Å². The summed E-state index contributed by atoms with van der Waals surface area (Å²) in [6, 6.07) is 0. The molecule has 1 aromatic rings. The van der Waals surface area contributed by atoms with Crippen LogP contribution in [0, 0.1) is 0 Å². The van der Waals surface area contributed by atoms with Crippen LogP contribution < -0.4 is 5.32 Å². The fraction of sp³-hybridized carbons (Fsp3) is 0.545. The summed E-state index contributed by atoms with van der Waals surface area (Å²) in [7, 11) is 1.78. The molecule has 18 heavy (non-hydrogen) atoms. The molecule has 1 aromatic heterocycles. The van der Waals surface area contributed by atoms with Gasteiger partial charge >= 0.3 is 5.97 Å². The van der Waals surface area contributed by atoms with E-state index < -0.39 is 0 Å². The van der Waals surface area contributed by atoms with Crippen LogP contribution in [0.2, 0.25) is 0 Å². The molecule has 0 aliphatic carbocycles. The predicted octanol–water partition coefficient (Wildman–Crippen LogP) is 0.967. The van der Waals surface area contributed by atoms with Gasteiger partial charge in [-0.25, -0.2) is 4.98 Å². The van der Waals surface area contributed by atoms with Crippen LogP contribution in [0.15, 0.2) is 11.6 Å². The van der Waals surface area contributed by atoms with Crippen LogP contribution >= 0.6 is 11.3 Å². The average Bonchev–Trinajstić information content (AvgIpc) is 2.79. The second kappa shape index (κ2) is 7.78. The minimum atomic E-state index is -0.246. The van der Waals surface area contributed by atoms with E-state index in [-0.39, 0.29) is 24.8 Å². The Bertz CT molecular complexity index is 381. The minimum absolute atomic E-state index is 0.142. The molecule has 0 spiro atoms. The second-order valence-corrected chi connectivity index (χ2v) is 4.57. The highest BCUT2D eigenvalue weighted by Crippen LogP contribution is 2.09. The van der Waals surface area contributed by atoms with Crippen molar-refractivity contribution in [2.24, 2.45) is 0 Å². The van der Waals surface area contributed by atoms with Crippen LogP contribution in [-0.4, -0.2) is 48.5 Å². The number of nitrogens with one attached hydrogen (secondary N) is 1. The maximum Gasteiger partial charge on any atom is 0.307 e. The molecule has 0 saturated heterocycles.